The maximum atomic E-state index is 13.5. The molecule has 1 aliphatic heterocycles. The number of hydrogen-bond donors (Lipinski definition) is 1. The van der Waals surface area contributed by atoms with Crippen LogP contribution in [0.4, 0.5) is 11.5 Å². The first kappa shape index (κ1) is 22.7. The number of likely N-dealkylation sites (N-methyl/N-ethyl adjacent to an activating group) is 1. The van der Waals surface area contributed by atoms with E-state index in [2.05, 4.69) is 44.3 Å². The van der Waals surface area contributed by atoms with Crippen LogP contribution in [-0.4, -0.2) is 68.5 Å². The SMILES string of the molecule is CN(C)C[C@H]1CCCN1C(=O)[C@H]1CCc2c(sc3ncnc(Nc4cc5ccnn5cc4Cl)c23)C1. The number of aromatic nitrogens is 4. The molecule has 1 N–H and O–H groups in total. The molecule has 8 nitrogen and oxygen atoms in total. The van der Waals surface area contributed by atoms with Gasteiger partial charge in [0.05, 0.1) is 21.6 Å². The number of halogens is 1. The number of aryl methyl sites for hydroxylation is 1. The molecule has 4 aromatic heterocycles. The van der Waals surface area contributed by atoms with Gasteiger partial charge in [-0.15, -0.1) is 11.3 Å². The van der Waals surface area contributed by atoms with Crippen molar-refractivity contribution >= 4 is 56.1 Å². The Morgan fingerprint density at radius 2 is 2.20 bits per heavy atom. The van der Waals surface area contributed by atoms with Gasteiger partial charge in [-0.2, -0.15) is 5.10 Å². The first-order valence-electron chi connectivity index (χ1n) is 12.1. The quantitative estimate of drug-likeness (QED) is 0.430. The van der Waals surface area contributed by atoms with E-state index in [1.54, 1.807) is 34.6 Å². The summed E-state index contributed by atoms with van der Waals surface area (Å²) in [5.41, 5.74) is 3.00. The standard InChI is InChI=1S/C25H28ClN7OS/c1-31(2)12-17-4-3-9-32(17)25(34)15-5-6-18-21(10-15)35-24-22(18)23(27-14-28-24)30-20-11-16-7-8-29-33(16)13-19(20)26/h7-8,11,13-15,17H,3-6,9-10,12H2,1-2H3,(H,27,28,30)/t15-,17+/m0/s1. The van der Waals surface area contributed by atoms with Gasteiger partial charge < -0.3 is 15.1 Å². The number of fused-ring (bicyclic) bond motifs is 4. The van der Waals surface area contributed by atoms with Crippen LogP contribution in [0.25, 0.3) is 15.7 Å². The third kappa shape index (κ3) is 4.15. The Morgan fingerprint density at radius 3 is 3.06 bits per heavy atom. The zero-order valence-corrected chi connectivity index (χ0v) is 21.4. The van der Waals surface area contributed by atoms with E-state index in [1.807, 2.05) is 12.1 Å². The molecule has 2 atom stereocenters. The molecule has 5 heterocycles. The van der Waals surface area contributed by atoms with E-state index in [9.17, 15) is 4.79 Å². The van der Waals surface area contributed by atoms with Crippen LogP contribution in [0.2, 0.25) is 5.02 Å². The lowest BCUT2D eigenvalue weighted by Gasteiger charge is -2.32. The van der Waals surface area contributed by atoms with Crippen molar-refractivity contribution in [2.75, 3.05) is 32.5 Å². The van der Waals surface area contributed by atoms with Crippen molar-refractivity contribution in [3.05, 3.63) is 46.3 Å². The van der Waals surface area contributed by atoms with E-state index in [0.717, 1.165) is 72.4 Å². The van der Waals surface area contributed by atoms with Gasteiger partial charge in [-0.3, -0.25) is 4.79 Å². The number of nitrogens with one attached hydrogen (secondary N) is 1. The molecule has 10 heteroatoms. The fourth-order valence-electron chi connectivity index (χ4n) is 5.55. The minimum Gasteiger partial charge on any atom is -0.338 e. The molecule has 1 amide bonds. The predicted octanol–water partition coefficient (Wildman–Crippen LogP) is 4.39. The first-order valence-corrected chi connectivity index (χ1v) is 13.3. The molecule has 0 unspecified atom stereocenters. The Labute approximate surface area is 212 Å². The van der Waals surface area contributed by atoms with Gasteiger partial charge in [0.15, 0.2) is 0 Å². The van der Waals surface area contributed by atoms with E-state index < -0.39 is 0 Å². The van der Waals surface area contributed by atoms with Crippen LogP contribution in [0.3, 0.4) is 0 Å². The molecule has 6 rings (SSSR count). The second-order valence-electron chi connectivity index (χ2n) is 9.80. The Hall–Kier alpha value is -2.75. The molecule has 35 heavy (non-hydrogen) atoms. The van der Waals surface area contributed by atoms with Crippen LogP contribution < -0.4 is 5.32 Å². The average Bonchev–Trinajstić information content (AvgIpc) is 3.56. The topological polar surface area (TPSA) is 78.7 Å². The second-order valence-corrected chi connectivity index (χ2v) is 11.3. The lowest BCUT2D eigenvalue weighted by Crippen LogP contribution is -2.45. The van der Waals surface area contributed by atoms with Crippen LogP contribution in [0, 0.1) is 5.92 Å². The molecule has 0 spiro atoms. The largest absolute Gasteiger partial charge is 0.338 e. The van der Waals surface area contributed by atoms with Crippen molar-refractivity contribution in [1.29, 1.82) is 0 Å². The monoisotopic (exact) mass is 509 g/mol. The molecule has 0 bridgehead atoms. The van der Waals surface area contributed by atoms with Gasteiger partial charge >= 0.3 is 0 Å². The van der Waals surface area contributed by atoms with Crippen molar-refractivity contribution in [3.8, 4) is 0 Å². The first-order chi connectivity index (χ1) is 17.0. The number of hydrogen-bond acceptors (Lipinski definition) is 7. The number of pyridine rings is 1. The molecule has 0 saturated carbocycles. The highest BCUT2D eigenvalue weighted by Gasteiger charge is 2.36. The molecule has 182 valence electrons. The number of likely N-dealkylation sites (tertiary alicyclic amines) is 1. The number of thiophene rings is 1. The molecule has 1 saturated heterocycles. The molecular formula is C25H28ClN7OS. The average molecular weight is 510 g/mol. The van der Waals surface area contributed by atoms with E-state index in [-0.39, 0.29) is 5.92 Å². The summed E-state index contributed by atoms with van der Waals surface area (Å²) in [7, 11) is 4.16. The summed E-state index contributed by atoms with van der Waals surface area (Å²) >= 11 is 8.22. The van der Waals surface area contributed by atoms with Crippen molar-refractivity contribution in [1.82, 2.24) is 29.4 Å². The highest BCUT2D eigenvalue weighted by Crippen LogP contribution is 2.41. The Kier molecular flexibility index (Phi) is 5.86. The number of nitrogens with zero attached hydrogens (tertiary/aromatic N) is 6. The summed E-state index contributed by atoms with van der Waals surface area (Å²) in [6.07, 6.45) is 9.83. The maximum Gasteiger partial charge on any atom is 0.226 e. The molecule has 4 aromatic rings. The Balaban J connectivity index is 1.28. The third-order valence-electron chi connectivity index (χ3n) is 7.17. The minimum atomic E-state index is 0.0430. The van der Waals surface area contributed by atoms with Gasteiger partial charge in [0.2, 0.25) is 5.91 Å². The van der Waals surface area contributed by atoms with Crippen LogP contribution in [0.15, 0.2) is 30.9 Å². The van der Waals surface area contributed by atoms with E-state index in [4.69, 9.17) is 11.6 Å². The fraction of sp³-hybridized carbons (Fsp3) is 0.440. The van der Waals surface area contributed by atoms with Crippen LogP contribution in [0.1, 0.15) is 29.7 Å². The van der Waals surface area contributed by atoms with Gasteiger partial charge in [0.25, 0.3) is 0 Å². The molecule has 1 fully saturated rings. The van der Waals surface area contributed by atoms with Crippen molar-refractivity contribution < 1.29 is 4.79 Å². The van der Waals surface area contributed by atoms with E-state index in [0.29, 0.717) is 17.0 Å². The van der Waals surface area contributed by atoms with Crippen LogP contribution in [0.5, 0.6) is 0 Å². The van der Waals surface area contributed by atoms with Crippen molar-refractivity contribution in [3.63, 3.8) is 0 Å². The normalized spacial score (nSPS) is 20.2. The van der Waals surface area contributed by atoms with Gasteiger partial charge in [0.1, 0.15) is 17.0 Å². The molecule has 2 aliphatic rings. The van der Waals surface area contributed by atoms with Crippen molar-refractivity contribution in [2.45, 2.75) is 38.1 Å². The number of carbonyl (C=O) groups excluding carboxylic acids is 1. The maximum absolute atomic E-state index is 13.5. The zero-order chi connectivity index (χ0) is 24.1. The fourth-order valence-corrected chi connectivity index (χ4v) is 7.01. The van der Waals surface area contributed by atoms with Gasteiger partial charge in [-0.25, -0.2) is 14.5 Å². The van der Waals surface area contributed by atoms with Crippen LogP contribution >= 0.6 is 22.9 Å². The lowest BCUT2D eigenvalue weighted by atomic mass is 9.86. The highest BCUT2D eigenvalue weighted by atomic mass is 35.5. The molecular weight excluding hydrogens is 482 g/mol. The number of anilines is 2. The highest BCUT2D eigenvalue weighted by molar-refractivity contribution is 7.19. The van der Waals surface area contributed by atoms with E-state index in [1.165, 1.54) is 10.4 Å². The van der Waals surface area contributed by atoms with Gasteiger partial charge in [-0.05, 0) is 63.9 Å². The van der Waals surface area contributed by atoms with Gasteiger partial charge in [-0.1, -0.05) is 11.6 Å². The predicted molar refractivity (Wildman–Crippen MR) is 140 cm³/mol. The van der Waals surface area contributed by atoms with Gasteiger partial charge in [0, 0.05) is 42.3 Å². The van der Waals surface area contributed by atoms with Crippen LogP contribution in [-0.2, 0) is 17.6 Å². The number of amides is 1. The summed E-state index contributed by atoms with van der Waals surface area (Å²) in [6.45, 7) is 1.82. The third-order valence-corrected chi connectivity index (χ3v) is 8.63. The van der Waals surface area contributed by atoms with E-state index >= 15 is 0 Å². The molecule has 1 aliphatic carbocycles. The number of rotatable bonds is 5. The Bertz CT molecular complexity index is 1410. The Morgan fingerprint density at radius 1 is 1.31 bits per heavy atom. The number of carbonyl (C=O) groups is 1. The minimum absolute atomic E-state index is 0.0430. The molecule has 0 radical (unpaired) electrons. The zero-order valence-electron chi connectivity index (χ0n) is 19.9. The lowest BCUT2D eigenvalue weighted by molar-refractivity contribution is -0.136. The summed E-state index contributed by atoms with van der Waals surface area (Å²) in [5, 5.41) is 9.30. The molecule has 0 aromatic carbocycles. The summed E-state index contributed by atoms with van der Waals surface area (Å²) < 4.78 is 1.75. The van der Waals surface area contributed by atoms with Crippen molar-refractivity contribution in [2.24, 2.45) is 5.92 Å². The summed E-state index contributed by atoms with van der Waals surface area (Å²) in [5.74, 6) is 1.12. The smallest absolute Gasteiger partial charge is 0.226 e. The summed E-state index contributed by atoms with van der Waals surface area (Å²) in [4.78, 5) is 29.2. The second kappa shape index (κ2) is 9.04. The summed E-state index contributed by atoms with van der Waals surface area (Å²) in [6, 6.07) is 4.24.